The summed E-state index contributed by atoms with van der Waals surface area (Å²) in [5.41, 5.74) is 2.78. The summed E-state index contributed by atoms with van der Waals surface area (Å²) in [6, 6.07) is 11.2. The molecule has 1 saturated heterocycles. The molecule has 1 aromatic rings. The molecule has 0 spiro atoms. The predicted octanol–water partition coefficient (Wildman–Crippen LogP) is 3.33. The van der Waals surface area contributed by atoms with Crippen LogP contribution in [0.2, 0.25) is 0 Å². The Hall–Kier alpha value is -1.12. The minimum Gasteiger partial charge on any atom is -0.379 e. The summed E-state index contributed by atoms with van der Waals surface area (Å²) in [4.78, 5) is 9.45. The molecule has 2 aliphatic heterocycles. The summed E-state index contributed by atoms with van der Waals surface area (Å²) in [5, 5.41) is 3.64. The van der Waals surface area contributed by atoms with Crippen LogP contribution in [-0.4, -0.2) is 74.8 Å². The van der Waals surface area contributed by atoms with Crippen LogP contribution >= 0.6 is 24.0 Å². The van der Waals surface area contributed by atoms with Crippen molar-refractivity contribution < 1.29 is 4.74 Å². The van der Waals surface area contributed by atoms with Crippen LogP contribution in [-0.2, 0) is 4.74 Å². The number of nitrogens with zero attached hydrogens (tertiary/aromatic N) is 3. The normalized spacial score (nSPS) is 19.8. The molecule has 1 aromatic carbocycles. The molecular formula is C22H35IN4O. The van der Waals surface area contributed by atoms with Gasteiger partial charge in [-0.2, -0.15) is 0 Å². The Morgan fingerprint density at radius 1 is 1.14 bits per heavy atom. The summed E-state index contributed by atoms with van der Waals surface area (Å²) < 4.78 is 5.52. The van der Waals surface area contributed by atoms with E-state index in [9.17, 15) is 0 Å². The summed E-state index contributed by atoms with van der Waals surface area (Å²) >= 11 is 0. The van der Waals surface area contributed by atoms with E-state index in [-0.39, 0.29) is 24.0 Å². The Morgan fingerprint density at radius 2 is 1.86 bits per heavy atom. The lowest BCUT2D eigenvalue weighted by molar-refractivity contribution is 0.00741. The molecule has 0 aromatic heterocycles. The average molecular weight is 498 g/mol. The molecule has 1 atom stereocenters. The van der Waals surface area contributed by atoms with Crippen molar-refractivity contribution in [2.24, 2.45) is 10.9 Å². The fourth-order valence-corrected chi connectivity index (χ4v) is 4.00. The van der Waals surface area contributed by atoms with Gasteiger partial charge in [0.15, 0.2) is 5.96 Å². The lowest BCUT2D eigenvalue weighted by atomic mass is 10.00. The second-order valence-corrected chi connectivity index (χ2v) is 7.68. The third-order valence-corrected chi connectivity index (χ3v) is 5.62. The van der Waals surface area contributed by atoms with Crippen LogP contribution in [0.1, 0.15) is 25.8 Å². The van der Waals surface area contributed by atoms with E-state index in [1.165, 1.54) is 11.1 Å². The highest BCUT2D eigenvalue weighted by atomic mass is 127. The van der Waals surface area contributed by atoms with Crippen LogP contribution in [0.5, 0.6) is 0 Å². The first kappa shape index (κ1) is 23.2. The molecule has 1 unspecified atom stereocenters. The van der Waals surface area contributed by atoms with E-state index in [1.54, 1.807) is 0 Å². The van der Waals surface area contributed by atoms with Crippen LogP contribution in [0.4, 0.5) is 0 Å². The number of ether oxygens (including phenoxy) is 1. The number of nitrogens with one attached hydrogen (secondary N) is 1. The highest BCUT2D eigenvalue weighted by Crippen LogP contribution is 2.22. The van der Waals surface area contributed by atoms with Gasteiger partial charge in [0.25, 0.3) is 0 Å². The fraction of sp³-hybridized carbons (Fsp3) is 0.591. The molecule has 6 heteroatoms. The van der Waals surface area contributed by atoms with Crippen molar-refractivity contribution in [3.05, 3.63) is 42.0 Å². The number of hydrogen-bond donors (Lipinski definition) is 1. The largest absolute Gasteiger partial charge is 0.379 e. The van der Waals surface area contributed by atoms with Crippen molar-refractivity contribution in [1.29, 1.82) is 0 Å². The van der Waals surface area contributed by atoms with Gasteiger partial charge in [0.1, 0.15) is 0 Å². The summed E-state index contributed by atoms with van der Waals surface area (Å²) in [6.07, 6.45) is 3.40. The van der Waals surface area contributed by atoms with E-state index in [0.29, 0.717) is 12.0 Å². The smallest absolute Gasteiger partial charge is 0.193 e. The van der Waals surface area contributed by atoms with Crippen LogP contribution in [0.15, 0.2) is 41.4 Å². The van der Waals surface area contributed by atoms with Crippen molar-refractivity contribution in [3.8, 4) is 0 Å². The SMILES string of the molecule is CN=C(NCC(C(C)C)N1CCOCC1)N1CC=C(c2ccccc2)CC1.I. The minimum atomic E-state index is 0. The molecule has 156 valence electrons. The summed E-state index contributed by atoms with van der Waals surface area (Å²) in [7, 11) is 1.89. The van der Waals surface area contributed by atoms with Crippen LogP contribution in [0, 0.1) is 5.92 Å². The molecule has 1 N–H and O–H groups in total. The Labute approximate surface area is 187 Å². The fourth-order valence-electron chi connectivity index (χ4n) is 4.00. The lowest BCUT2D eigenvalue weighted by Gasteiger charge is -2.38. The number of benzene rings is 1. The highest BCUT2D eigenvalue weighted by molar-refractivity contribution is 14.0. The Balaban J connectivity index is 0.00000280. The first-order valence-electron chi connectivity index (χ1n) is 10.2. The number of aliphatic imine (C=N–C) groups is 1. The van der Waals surface area contributed by atoms with E-state index in [1.807, 2.05) is 7.05 Å². The van der Waals surface area contributed by atoms with Gasteiger partial charge >= 0.3 is 0 Å². The summed E-state index contributed by atoms with van der Waals surface area (Å²) in [5.74, 6) is 1.61. The number of halogens is 1. The van der Waals surface area contributed by atoms with Gasteiger partial charge in [0.2, 0.25) is 0 Å². The Kier molecular flexibility index (Phi) is 9.74. The third-order valence-electron chi connectivity index (χ3n) is 5.62. The number of guanidine groups is 1. The zero-order valence-electron chi connectivity index (χ0n) is 17.4. The van der Waals surface area contributed by atoms with Crippen molar-refractivity contribution >= 4 is 35.5 Å². The standard InChI is InChI=1S/C22H34N4O.HI/c1-18(2)21(25-13-15-27-16-14-25)17-24-22(23-3)26-11-9-20(10-12-26)19-7-5-4-6-8-19;/h4-9,18,21H,10-17H2,1-3H3,(H,23,24);1H. The molecule has 28 heavy (non-hydrogen) atoms. The monoisotopic (exact) mass is 498 g/mol. The summed E-state index contributed by atoms with van der Waals surface area (Å²) in [6.45, 7) is 11.2. The molecule has 0 radical (unpaired) electrons. The van der Waals surface area contributed by atoms with Gasteiger partial charge in [-0.15, -0.1) is 24.0 Å². The molecular weight excluding hydrogens is 463 g/mol. The number of hydrogen-bond acceptors (Lipinski definition) is 3. The van der Waals surface area contributed by atoms with Crippen molar-refractivity contribution in [2.45, 2.75) is 26.3 Å². The molecule has 0 saturated carbocycles. The first-order valence-corrected chi connectivity index (χ1v) is 10.2. The van der Waals surface area contributed by atoms with E-state index in [2.05, 4.69) is 70.4 Å². The second kappa shape index (κ2) is 11.8. The molecule has 1 fully saturated rings. The van der Waals surface area contributed by atoms with Gasteiger partial charge in [-0.3, -0.25) is 9.89 Å². The van der Waals surface area contributed by atoms with Gasteiger partial charge in [0.05, 0.1) is 13.2 Å². The maximum absolute atomic E-state index is 5.52. The van der Waals surface area contributed by atoms with E-state index in [4.69, 9.17) is 4.74 Å². The second-order valence-electron chi connectivity index (χ2n) is 7.68. The highest BCUT2D eigenvalue weighted by Gasteiger charge is 2.25. The van der Waals surface area contributed by atoms with Crippen molar-refractivity contribution in [3.63, 3.8) is 0 Å². The maximum Gasteiger partial charge on any atom is 0.193 e. The van der Waals surface area contributed by atoms with Gasteiger partial charge in [-0.05, 0) is 23.5 Å². The lowest BCUT2D eigenvalue weighted by Crippen LogP contribution is -2.53. The first-order chi connectivity index (χ1) is 13.2. The molecule has 0 aliphatic carbocycles. The predicted molar refractivity (Wildman–Crippen MR) is 128 cm³/mol. The minimum absolute atomic E-state index is 0. The van der Waals surface area contributed by atoms with Crippen molar-refractivity contribution in [1.82, 2.24) is 15.1 Å². The zero-order chi connectivity index (χ0) is 19.1. The molecule has 2 aliphatic rings. The topological polar surface area (TPSA) is 40.1 Å². The Morgan fingerprint density at radius 3 is 2.43 bits per heavy atom. The van der Waals surface area contributed by atoms with Crippen molar-refractivity contribution in [2.75, 3.05) is 53.0 Å². The molecule has 0 amide bonds. The van der Waals surface area contributed by atoms with Crippen LogP contribution in [0.3, 0.4) is 0 Å². The van der Waals surface area contributed by atoms with E-state index in [0.717, 1.165) is 58.3 Å². The van der Waals surface area contributed by atoms with Gasteiger partial charge in [0, 0.05) is 45.8 Å². The number of morpholine rings is 1. The van der Waals surface area contributed by atoms with Gasteiger partial charge in [-0.25, -0.2) is 0 Å². The van der Waals surface area contributed by atoms with Gasteiger partial charge in [-0.1, -0.05) is 50.3 Å². The number of rotatable bonds is 5. The van der Waals surface area contributed by atoms with Crippen LogP contribution in [0.25, 0.3) is 5.57 Å². The zero-order valence-corrected chi connectivity index (χ0v) is 19.8. The molecule has 3 rings (SSSR count). The quantitative estimate of drug-likeness (QED) is 0.384. The average Bonchev–Trinajstić information content (AvgIpc) is 2.72. The van der Waals surface area contributed by atoms with E-state index >= 15 is 0 Å². The van der Waals surface area contributed by atoms with E-state index < -0.39 is 0 Å². The molecule has 5 nitrogen and oxygen atoms in total. The van der Waals surface area contributed by atoms with Gasteiger partial charge < -0.3 is 15.0 Å². The van der Waals surface area contributed by atoms with Crippen LogP contribution < -0.4 is 5.32 Å². The Bertz CT molecular complexity index is 641. The molecule has 2 heterocycles. The third kappa shape index (κ3) is 6.19. The molecule has 0 bridgehead atoms. The maximum atomic E-state index is 5.52.